The molecule has 1 heterocycles. The minimum Gasteiger partial charge on any atom is -0.363 e. The fourth-order valence-corrected chi connectivity index (χ4v) is 2.78. The Kier molecular flexibility index (Phi) is 3.56. The molecule has 0 spiro atoms. The molecular formula is C16H14N2O3S. The Labute approximate surface area is 128 Å². The summed E-state index contributed by atoms with van der Waals surface area (Å²) < 4.78 is 27.7. The Balaban J connectivity index is 2.06. The minimum atomic E-state index is -3.70. The highest BCUT2D eigenvalue weighted by Crippen LogP contribution is 2.31. The van der Waals surface area contributed by atoms with Gasteiger partial charge in [0, 0.05) is 11.1 Å². The van der Waals surface area contributed by atoms with Gasteiger partial charge < -0.3 is 4.52 Å². The molecule has 0 aliphatic carbocycles. The second kappa shape index (κ2) is 5.40. The lowest BCUT2D eigenvalue weighted by atomic mass is 10.0. The summed E-state index contributed by atoms with van der Waals surface area (Å²) in [5, 5.41) is 9.13. The SMILES string of the molecule is Cc1cccc(-c2conc2-c2ccc(S(N)(=O)=O)cc2)c1. The number of primary sulfonamides is 1. The third kappa shape index (κ3) is 2.79. The summed E-state index contributed by atoms with van der Waals surface area (Å²) in [5.41, 5.74) is 4.40. The van der Waals surface area contributed by atoms with Crippen LogP contribution in [0.5, 0.6) is 0 Å². The van der Waals surface area contributed by atoms with Gasteiger partial charge in [0.15, 0.2) is 0 Å². The van der Waals surface area contributed by atoms with Crippen molar-refractivity contribution in [3.63, 3.8) is 0 Å². The van der Waals surface area contributed by atoms with Gasteiger partial charge in [0.05, 0.1) is 4.90 Å². The molecule has 2 N–H and O–H groups in total. The number of benzene rings is 2. The van der Waals surface area contributed by atoms with Crippen LogP contribution in [0.2, 0.25) is 0 Å². The van der Waals surface area contributed by atoms with Gasteiger partial charge in [-0.2, -0.15) is 0 Å². The monoisotopic (exact) mass is 314 g/mol. The lowest BCUT2D eigenvalue weighted by molar-refractivity contribution is 0.422. The van der Waals surface area contributed by atoms with Crippen molar-refractivity contribution in [3.05, 3.63) is 60.4 Å². The molecule has 0 aliphatic rings. The van der Waals surface area contributed by atoms with Gasteiger partial charge in [-0.05, 0) is 24.6 Å². The molecule has 1 aromatic heterocycles. The number of hydrogen-bond acceptors (Lipinski definition) is 4. The van der Waals surface area contributed by atoms with Crippen molar-refractivity contribution in [2.75, 3.05) is 0 Å². The van der Waals surface area contributed by atoms with E-state index in [0.29, 0.717) is 5.69 Å². The van der Waals surface area contributed by atoms with E-state index in [4.69, 9.17) is 9.66 Å². The summed E-state index contributed by atoms with van der Waals surface area (Å²) in [5.74, 6) is 0. The first-order chi connectivity index (χ1) is 10.4. The summed E-state index contributed by atoms with van der Waals surface area (Å²) in [7, 11) is -3.70. The average molecular weight is 314 g/mol. The van der Waals surface area contributed by atoms with Gasteiger partial charge in [0.1, 0.15) is 12.0 Å². The number of sulfonamides is 1. The van der Waals surface area contributed by atoms with Crippen molar-refractivity contribution in [1.29, 1.82) is 0 Å². The molecular weight excluding hydrogens is 300 g/mol. The predicted octanol–water partition coefficient (Wildman–Crippen LogP) is 2.96. The van der Waals surface area contributed by atoms with Crippen LogP contribution < -0.4 is 5.14 Å². The second-order valence-corrected chi connectivity index (χ2v) is 6.58. The third-order valence-electron chi connectivity index (χ3n) is 3.36. The van der Waals surface area contributed by atoms with E-state index in [1.54, 1.807) is 18.4 Å². The molecule has 0 amide bonds. The maximum absolute atomic E-state index is 11.3. The van der Waals surface area contributed by atoms with Crippen LogP contribution in [-0.2, 0) is 10.0 Å². The highest BCUT2D eigenvalue weighted by Gasteiger charge is 2.14. The summed E-state index contributed by atoms with van der Waals surface area (Å²) >= 11 is 0. The van der Waals surface area contributed by atoms with Gasteiger partial charge in [-0.1, -0.05) is 47.1 Å². The molecule has 3 aromatic rings. The number of aryl methyl sites for hydroxylation is 1. The largest absolute Gasteiger partial charge is 0.363 e. The Morgan fingerprint density at radius 1 is 1.05 bits per heavy atom. The molecule has 22 heavy (non-hydrogen) atoms. The van der Waals surface area contributed by atoms with E-state index in [9.17, 15) is 8.42 Å². The molecule has 0 fully saturated rings. The predicted molar refractivity (Wildman–Crippen MR) is 83.5 cm³/mol. The zero-order valence-corrected chi connectivity index (χ0v) is 12.7. The summed E-state index contributed by atoms with van der Waals surface area (Å²) in [6.07, 6.45) is 1.58. The maximum atomic E-state index is 11.3. The van der Waals surface area contributed by atoms with E-state index in [2.05, 4.69) is 5.16 Å². The summed E-state index contributed by atoms with van der Waals surface area (Å²) in [6, 6.07) is 14.2. The van der Waals surface area contributed by atoms with Gasteiger partial charge in [0.2, 0.25) is 10.0 Å². The molecule has 3 rings (SSSR count). The molecule has 0 saturated carbocycles. The van der Waals surface area contributed by atoms with Gasteiger partial charge in [-0.25, -0.2) is 13.6 Å². The van der Waals surface area contributed by atoms with E-state index in [1.807, 2.05) is 31.2 Å². The minimum absolute atomic E-state index is 0.0665. The fourth-order valence-electron chi connectivity index (χ4n) is 2.26. The lowest BCUT2D eigenvalue weighted by Gasteiger charge is -2.04. The number of nitrogens with two attached hydrogens (primary N) is 1. The van der Waals surface area contributed by atoms with E-state index in [-0.39, 0.29) is 4.90 Å². The van der Waals surface area contributed by atoms with Crippen molar-refractivity contribution >= 4 is 10.0 Å². The van der Waals surface area contributed by atoms with Crippen molar-refractivity contribution < 1.29 is 12.9 Å². The van der Waals surface area contributed by atoms with Gasteiger partial charge >= 0.3 is 0 Å². The first kappa shape index (κ1) is 14.5. The maximum Gasteiger partial charge on any atom is 0.238 e. The quantitative estimate of drug-likeness (QED) is 0.805. The van der Waals surface area contributed by atoms with Crippen LogP contribution in [0.1, 0.15) is 5.56 Å². The Morgan fingerprint density at radius 3 is 2.41 bits per heavy atom. The second-order valence-electron chi connectivity index (χ2n) is 5.02. The summed E-state index contributed by atoms with van der Waals surface area (Å²) in [6.45, 7) is 2.01. The van der Waals surface area contributed by atoms with Crippen LogP contribution in [-0.4, -0.2) is 13.6 Å². The first-order valence-corrected chi connectivity index (χ1v) is 8.14. The first-order valence-electron chi connectivity index (χ1n) is 6.60. The Morgan fingerprint density at radius 2 is 1.77 bits per heavy atom. The average Bonchev–Trinajstić information content (AvgIpc) is 2.96. The van der Waals surface area contributed by atoms with Crippen LogP contribution >= 0.6 is 0 Å². The zero-order chi connectivity index (χ0) is 15.7. The molecule has 5 nitrogen and oxygen atoms in total. The van der Waals surface area contributed by atoms with Crippen LogP contribution in [0.4, 0.5) is 0 Å². The van der Waals surface area contributed by atoms with Gasteiger partial charge in [-0.15, -0.1) is 0 Å². The van der Waals surface area contributed by atoms with Crippen molar-refractivity contribution in [2.45, 2.75) is 11.8 Å². The van der Waals surface area contributed by atoms with Crippen LogP contribution in [0.25, 0.3) is 22.4 Å². The number of rotatable bonds is 3. The third-order valence-corrected chi connectivity index (χ3v) is 4.28. The van der Waals surface area contributed by atoms with Crippen molar-refractivity contribution in [1.82, 2.24) is 5.16 Å². The van der Waals surface area contributed by atoms with Crippen molar-refractivity contribution in [2.24, 2.45) is 5.14 Å². The smallest absolute Gasteiger partial charge is 0.238 e. The Bertz CT molecular complexity index is 913. The zero-order valence-electron chi connectivity index (χ0n) is 11.9. The number of aromatic nitrogens is 1. The van der Waals surface area contributed by atoms with E-state index in [1.165, 1.54) is 12.1 Å². The van der Waals surface area contributed by atoms with E-state index in [0.717, 1.165) is 22.3 Å². The molecule has 2 aromatic carbocycles. The molecule has 0 saturated heterocycles. The fraction of sp³-hybridized carbons (Fsp3) is 0.0625. The van der Waals surface area contributed by atoms with Crippen LogP contribution in [0.3, 0.4) is 0 Å². The highest BCUT2D eigenvalue weighted by molar-refractivity contribution is 7.89. The molecule has 112 valence electrons. The normalized spacial score (nSPS) is 11.5. The lowest BCUT2D eigenvalue weighted by Crippen LogP contribution is -2.11. The molecule has 6 heteroatoms. The topological polar surface area (TPSA) is 86.2 Å². The number of nitrogens with zero attached hydrogens (tertiary/aromatic N) is 1. The van der Waals surface area contributed by atoms with Crippen molar-refractivity contribution in [3.8, 4) is 22.4 Å². The van der Waals surface area contributed by atoms with Gasteiger partial charge in [-0.3, -0.25) is 0 Å². The van der Waals surface area contributed by atoms with Crippen LogP contribution in [0, 0.1) is 6.92 Å². The molecule has 0 unspecified atom stereocenters. The highest BCUT2D eigenvalue weighted by atomic mass is 32.2. The molecule has 0 bridgehead atoms. The van der Waals surface area contributed by atoms with Gasteiger partial charge in [0.25, 0.3) is 0 Å². The number of hydrogen-bond donors (Lipinski definition) is 1. The Hall–Kier alpha value is -2.44. The van der Waals surface area contributed by atoms with E-state index < -0.39 is 10.0 Å². The molecule has 0 radical (unpaired) electrons. The standard InChI is InChI=1S/C16H14N2O3S/c1-11-3-2-4-13(9-11)15-10-21-18-16(15)12-5-7-14(8-6-12)22(17,19)20/h2-10H,1H3,(H2,17,19,20). The van der Waals surface area contributed by atoms with Crippen LogP contribution in [0.15, 0.2) is 64.2 Å². The molecule has 0 aliphatic heterocycles. The summed E-state index contributed by atoms with van der Waals surface area (Å²) in [4.78, 5) is 0.0665. The van der Waals surface area contributed by atoms with E-state index >= 15 is 0 Å². The molecule has 0 atom stereocenters.